The van der Waals surface area contributed by atoms with Gasteiger partial charge in [0.1, 0.15) is 5.82 Å². The van der Waals surface area contributed by atoms with Crippen LogP contribution in [0.2, 0.25) is 5.02 Å². The number of aryl methyl sites for hydroxylation is 2. The molecular weight excluding hydrogens is 400 g/mol. The maximum atomic E-state index is 12.4. The van der Waals surface area contributed by atoms with Gasteiger partial charge in [-0.1, -0.05) is 24.2 Å². The molecule has 0 atom stereocenters. The summed E-state index contributed by atoms with van der Waals surface area (Å²) >= 11 is 6.36. The van der Waals surface area contributed by atoms with Crippen LogP contribution in [0.5, 0.6) is 0 Å². The molecule has 0 bridgehead atoms. The lowest BCUT2D eigenvalue weighted by Crippen LogP contribution is -2.23. The number of nitrogens with two attached hydrogens (primary N) is 1. The number of carbonyl (C=O) groups excluding carboxylic acids is 1. The van der Waals surface area contributed by atoms with Crippen LogP contribution in [0.1, 0.15) is 21.5 Å². The minimum atomic E-state index is -0.350. The molecule has 0 aliphatic carbocycles. The molecule has 3 rings (SSSR count). The SMILES string of the molecule is C=C(/C=N\C(=C/N)NC(=O)c1cnccc1C)c1cc(-c2cnn(C)c2)ccc1Cl. The first-order chi connectivity index (χ1) is 14.4. The number of benzene rings is 1. The zero-order valence-corrected chi connectivity index (χ0v) is 17.4. The van der Waals surface area contributed by atoms with E-state index in [-0.39, 0.29) is 11.7 Å². The molecule has 1 aromatic carbocycles. The lowest BCUT2D eigenvalue weighted by molar-refractivity contribution is 0.0964. The van der Waals surface area contributed by atoms with Crippen molar-refractivity contribution in [2.75, 3.05) is 0 Å². The third-order valence-corrected chi connectivity index (χ3v) is 4.72. The van der Waals surface area contributed by atoms with E-state index in [0.717, 1.165) is 16.7 Å². The third kappa shape index (κ3) is 4.82. The Morgan fingerprint density at radius 3 is 2.73 bits per heavy atom. The van der Waals surface area contributed by atoms with E-state index >= 15 is 0 Å². The van der Waals surface area contributed by atoms with Crippen molar-refractivity contribution in [1.82, 2.24) is 20.1 Å². The molecule has 1 amide bonds. The van der Waals surface area contributed by atoms with Gasteiger partial charge >= 0.3 is 0 Å². The average molecular weight is 421 g/mol. The number of aliphatic imine (C=N–C) groups is 1. The summed E-state index contributed by atoms with van der Waals surface area (Å²) in [7, 11) is 1.86. The van der Waals surface area contributed by atoms with Gasteiger partial charge in [-0.2, -0.15) is 5.10 Å². The molecule has 0 aliphatic heterocycles. The average Bonchev–Trinajstić information content (AvgIpc) is 3.17. The monoisotopic (exact) mass is 420 g/mol. The topological polar surface area (TPSA) is 98.2 Å². The van der Waals surface area contributed by atoms with E-state index in [1.165, 1.54) is 18.6 Å². The smallest absolute Gasteiger partial charge is 0.258 e. The zero-order chi connectivity index (χ0) is 21.7. The predicted molar refractivity (Wildman–Crippen MR) is 120 cm³/mol. The number of rotatable bonds is 6. The summed E-state index contributed by atoms with van der Waals surface area (Å²) in [5.74, 6) is -0.166. The van der Waals surface area contributed by atoms with Crippen LogP contribution in [0.4, 0.5) is 0 Å². The minimum absolute atomic E-state index is 0.184. The number of aromatic nitrogens is 3. The Balaban J connectivity index is 1.77. The summed E-state index contributed by atoms with van der Waals surface area (Å²) in [6, 6.07) is 7.38. The Kier molecular flexibility index (Phi) is 6.44. The molecule has 7 nitrogen and oxygen atoms in total. The minimum Gasteiger partial charge on any atom is -0.402 e. The molecule has 0 fully saturated rings. The fraction of sp³-hybridized carbons (Fsp3) is 0.0909. The molecule has 30 heavy (non-hydrogen) atoms. The molecule has 0 unspecified atom stereocenters. The molecule has 0 saturated carbocycles. The zero-order valence-electron chi connectivity index (χ0n) is 16.6. The first-order valence-corrected chi connectivity index (χ1v) is 9.42. The van der Waals surface area contributed by atoms with Gasteiger partial charge in [0, 0.05) is 54.2 Å². The van der Waals surface area contributed by atoms with Gasteiger partial charge in [0.25, 0.3) is 5.91 Å². The van der Waals surface area contributed by atoms with Gasteiger partial charge < -0.3 is 11.1 Å². The fourth-order valence-corrected chi connectivity index (χ4v) is 2.98. The van der Waals surface area contributed by atoms with Crippen molar-refractivity contribution in [2.24, 2.45) is 17.8 Å². The van der Waals surface area contributed by atoms with Crippen molar-refractivity contribution < 1.29 is 4.79 Å². The lowest BCUT2D eigenvalue weighted by atomic mass is 10.0. The van der Waals surface area contributed by atoms with Crippen LogP contribution in [-0.2, 0) is 7.05 Å². The van der Waals surface area contributed by atoms with Gasteiger partial charge in [-0.25, -0.2) is 4.99 Å². The molecule has 0 aliphatic rings. The van der Waals surface area contributed by atoms with Crippen LogP contribution in [0.15, 0.2) is 72.6 Å². The summed E-state index contributed by atoms with van der Waals surface area (Å²) in [6.45, 7) is 5.86. The molecular formula is C22H21ClN6O. The number of hydrogen-bond acceptors (Lipinski definition) is 5. The number of amides is 1. The van der Waals surface area contributed by atoms with Crippen LogP contribution in [0, 0.1) is 6.92 Å². The Bertz CT molecular complexity index is 1160. The summed E-state index contributed by atoms with van der Waals surface area (Å²) in [5.41, 5.74) is 10.1. The molecule has 2 aromatic heterocycles. The number of hydrogen-bond donors (Lipinski definition) is 2. The van der Waals surface area contributed by atoms with Gasteiger partial charge in [0.2, 0.25) is 0 Å². The molecule has 152 valence electrons. The Morgan fingerprint density at radius 1 is 1.27 bits per heavy atom. The maximum Gasteiger partial charge on any atom is 0.258 e. The van der Waals surface area contributed by atoms with Crippen LogP contribution in [0.3, 0.4) is 0 Å². The molecule has 0 saturated heterocycles. The van der Waals surface area contributed by atoms with Gasteiger partial charge in [-0.05, 0) is 41.8 Å². The number of carbonyl (C=O) groups is 1. The standard InChI is InChI=1S/C22H21ClN6O/c1-14-6-7-25-12-19(14)22(30)28-21(9-24)26-10-15(2)18-8-16(4-5-20(18)23)17-11-27-29(3)13-17/h4-13H,2,24H2,1,3H3,(H,28,30)/b21-9+,26-10-. The number of halogens is 1. The van der Waals surface area contributed by atoms with E-state index < -0.39 is 0 Å². The van der Waals surface area contributed by atoms with Crippen molar-refractivity contribution in [3.8, 4) is 11.1 Å². The molecule has 0 radical (unpaired) electrons. The highest BCUT2D eigenvalue weighted by Gasteiger charge is 2.11. The normalized spacial score (nSPS) is 11.6. The Hall–Kier alpha value is -3.71. The number of nitrogens with zero attached hydrogens (tertiary/aromatic N) is 4. The Morgan fingerprint density at radius 2 is 2.07 bits per heavy atom. The highest BCUT2D eigenvalue weighted by Crippen LogP contribution is 2.28. The van der Waals surface area contributed by atoms with Crippen molar-refractivity contribution in [3.05, 3.63) is 89.4 Å². The molecule has 0 spiro atoms. The van der Waals surface area contributed by atoms with E-state index in [9.17, 15) is 4.79 Å². The quantitative estimate of drug-likeness (QED) is 0.594. The summed E-state index contributed by atoms with van der Waals surface area (Å²) in [4.78, 5) is 20.7. The molecule has 3 N–H and O–H groups in total. The second-order valence-corrected chi connectivity index (χ2v) is 6.98. The highest BCUT2D eigenvalue weighted by atomic mass is 35.5. The maximum absolute atomic E-state index is 12.4. The first kappa shape index (κ1) is 21.0. The van der Waals surface area contributed by atoms with Gasteiger partial charge in [0.05, 0.1) is 11.8 Å². The van der Waals surface area contributed by atoms with E-state index in [1.54, 1.807) is 29.2 Å². The van der Waals surface area contributed by atoms with Crippen LogP contribution in [-0.4, -0.2) is 26.9 Å². The van der Waals surface area contributed by atoms with Crippen LogP contribution >= 0.6 is 11.6 Å². The number of pyridine rings is 1. The lowest BCUT2D eigenvalue weighted by Gasteiger charge is -2.08. The predicted octanol–water partition coefficient (Wildman–Crippen LogP) is 3.72. The van der Waals surface area contributed by atoms with Crippen molar-refractivity contribution in [2.45, 2.75) is 6.92 Å². The second-order valence-electron chi connectivity index (χ2n) is 6.58. The second kappa shape index (κ2) is 9.19. The summed E-state index contributed by atoms with van der Waals surface area (Å²) in [5, 5.41) is 7.38. The van der Waals surface area contributed by atoms with E-state index in [4.69, 9.17) is 17.3 Å². The van der Waals surface area contributed by atoms with Crippen LogP contribution < -0.4 is 11.1 Å². The van der Waals surface area contributed by atoms with E-state index in [0.29, 0.717) is 21.7 Å². The molecule has 3 aromatic rings. The fourth-order valence-electron chi connectivity index (χ4n) is 2.74. The van der Waals surface area contributed by atoms with Crippen molar-refractivity contribution >= 4 is 29.3 Å². The largest absolute Gasteiger partial charge is 0.402 e. The van der Waals surface area contributed by atoms with Gasteiger partial charge in [-0.3, -0.25) is 14.5 Å². The van der Waals surface area contributed by atoms with Gasteiger partial charge in [0.15, 0.2) is 0 Å². The third-order valence-electron chi connectivity index (χ3n) is 4.39. The van der Waals surface area contributed by atoms with Crippen molar-refractivity contribution in [3.63, 3.8) is 0 Å². The van der Waals surface area contributed by atoms with E-state index in [1.807, 2.05) is 32.3 Å². The van der Waals surface area contributed by atoms with Crippen LogP contribution in [0.25, 0.3) is 16.7 Å². The number of nitrogens with one attached hydrogen (secondary N) is 1. The number of allylic oxidation sites excluding steroid dienone is 1. The summed E-state index contributed by atoms with van der Waals surface area (Å²) < 4.78 is 1.73. The molecule has 2 heterocycles. The van der Waals surface area contributed by atoms with E-state index in [2.05, 4.69) is 27.0 Å². The molecule has 8 heteroatoms. The highest BCUT2D eigenvalue weighted by molar-refractivity contribution is 6.34. The summed E-state index contributed by atoms with van der Waals surface area (Å²) in [6.07, 6.45) is 9.51. The Labute approximate surface area is 179 Å². The van der Waals surface area contributed by atoms with Crippen molar-refractivity contribution in [1.29, 1.82) is 0 Å². The van der Waals surface area contributed by atoms with Gasteiger partial charge in [-0.15, -0.1) is 0 Å². The first-order valence-electron chi connectivity index (χ1n) is 9.05.